The number of hydrogen-bond acceptors (Lipinski definition) is 5. The predicted molar refractivity (Wildman–Crippen MR) is 67.0 cm³/mol. The molecule has 0 aliphatic carbocycles. The van der Waals surface area contributed by atoms with Gasteiger partial charge >= 0.3 is 5.97 Å². The van der Waals surface area contributed by atoms with Crippen molar-refractivity contribution in [2.24, 2.45) is 0 Å². The van der Waals surface area contributed by atoms with Gasteiger partial charge in [-0.15, -0.1) is 0 Å². The Morgan fingerprint density at radius 1 is 1.26 bits per heavy atom. The number of aromatic nitrogens is 3. The number of aromatic carboxylic acids is 1. The van der Waals surface area contributed by atoms with E-state index in [1.165, 1.54) is 18.3 Å². The molecule has 0 fully saturated rings. The second-order valence-electron chi connectivity index (χ2n) is 3.70. The first kappa shape index (κ1) is 11.6. The van der Waals surface area contributed by atoms with Crippen LogP contribution in [0.25, 0.3) is 22.7 Å². The van der Waals surface area contributed by atoms with Gasteiger partial charge in [-0.25, -0.2) is 9.78 Å². The van der Waals surface area contributed by atoms with Crippen molar-refractivity contribution in [3.63, 3.8) is 0 Å². The van der Waals surface area contributed by atoms with Gasteiger partial charge in [-0.2, -0.15) is 4.98 Å². The van der Waals surface area contributed by atoms with E-state index in [1.807, 2.05) is 0 Å². The molecule has 0 spiro atoms. The Morgan fingerprint density at radius 3 is 2.84 bits per heavy atom. The summed E-state index contributed by atoms with van der Waals surface area (Å²) in [7, 11) is 0. The van der Waals surface area contributed by atoms with Gasteiger partial charge in [-0.3, -0.25) is 4.98 Å². The number of carbonyl (C=O) groups is 1. The highest BCUT2D eigenvalue weighted by Gasteiger charge is 2.14. The zero-order chi connectivity index (χ0) is 13.4. The molecule has 0 unspecified atom stereocenters. The highest BCUT2D eigenvalue weighted by atomic mass is 35.5. The number of rotatable bonds is 2. The van der Waals surface area contributed by atoms with Crippen molar-refractivity contribution in [2.75, 3.05) is 0 Å². The maximum atomic E-state index is 10.8. The first-order valence-corrected chi connectivity index (χ1v) is 5.64. The molecule has 6 nitrogen and oxygen atoms in total. The third-order valence-corrected chi connectivity index (χ3v) is 2.78. The van der Waals surface area contributed by atoms with Crippen molar-refractivity contribution in [1.29, 1.82) is 0 Å². The fraction of sp³-hybridized carbons (Fsp3) is 0. The standard InChI is InChI=1S/C12H6ClN3O3/c13-7-5-14-4-3-6(7)11-16-10-9(19-11)2-1-8(15-10)12(17)18/h1-5H,(H,17,18). The smallest absolute Gasteiger partial charge is 0.354 e. The van der Waals surface area contributed by atoms with Crippen LogP contribution in [0.2, 0.25) is 5.02 Å². The van der Waals surface area contributed by atoms with Crippen LogP contribution in [0, 0.1) is 0 Å². The van der Waals surface area contributed by atoms with E-state index in [1.54, 1.807) is 12.3 Å². The molecule has 0 atom stereocenters. The van der Waals surface area contributed by atoms with Crippen molar-refractivity contribution in [1.82, 2.24) is 15.0 Å². The maximum absolute atomic E-state index is 10.8. The second kappa shape index (κ2) is 4.33. The number of carboxylic acids is 1. The second-order valence-corrected chi connectivity index (χ2v) is 4.11. The van der Waals surface area contributed by atoms with E-state index in [0.717, 1.165) is 0 Å². The van der Waals surface area contributed by atoms with Crippen molar-refractivity contribution in [2.45, 2.75) is 0 Å². The van der Waals surface area contributed by atoms with E-state index >= 15 is 0 Å². The lowest BCUT2D eigenvalue weighted by Crippen LogP contribution is -1.99. The van der Waals surface area contributed by atoms with Gasteiger partial charge in [0.2, 0.25) is 5.89 Å². The van der Waals surface area contributed by atoms with E-state index in [-0.39, 0.29) is 17.2 Å². The lowest BCUT2D eigenvalue weighted by Gasteiger charge is -1.95. The van der Waals surface area contributed by atoms with E-state index in [2.05, 4.69) is 15.0 Å². The first-order valence-electron chi connectivity index (χ1n) is 5.26. The van der Waals surface area contributed by atoms with Crippen LogP contribution >= 0.6 is 11.6 Å². The molecule has 0 saturated heterocycles. The highest BCUT2D eigenvalue weighted by Crippen LogP contribution is 2.28. The molecular formula is C12H6ClN3O3. The largest absolute Gasteiger partial charge is 0.477 e. The summed E-state index contributed by atoms with van der Waals surface area (Å²) < 4.78 is 5.49. The number of halogens is 1. The molecule has 3 aromatic rings. The molecule has 0 aromatic carbocycles. The number of oxazole rings is 1. The van der Waals surface area contributed by atoms with Gasteiger partial charge in [0.25, 0.3) is 0 Å². The quantitative estimate of drug-likeness (QED) is 0.773. The van der Waals surface area contributed by atoms with Crippen LogP contribution in [0.1, 0.15) is 10.5 Å². The molecule has 7 heteroatoms. The Balaban J connectivity index is 2.17. The van der Waals surface area contributed by atoms with Gasteiger partial charge in [0.05, 0.1) is 10.6 Å². The van der Waals surface area contributed by atoms with Gasteiger partial charge in [0.15, 0.2) is 16.9 Å². The van der Waals surface area contributed by atoms with Crippen LogP contribution in [-0.2, 0) is 0 Å². The number of nitrogens with zero attached hydrogens (tertiary/aromatic N) is 3. The van der Waals surface area contributed by atoms with Crippen molar-refractivity contribution in [3.8, 4) is 11.5 Å². The zero-order valence-corrected chi connectivity index (χ0v) is 10.1. The lowest BCUT2D eigenvalue weighted by atomic mass is 10.3. The molecule has 0 bridgehead atoms. The van der Waals surface area contributed by atoms with E-state index < -0.39 is 5.97 Å². The topological polar surface area (TPSA) is 89.1 Å². The first-order chi connectivity index (χ1) is 9.15. The molecule has 19 heavy (non-hydrogen) atoms. The Bertz CT molecular complexity index is 785. The molecule has 0 saturated carbocycles. The Morgan fingerprint density at radius 2 is 2.11 bits per heavy atom. The van der Waals surface area contributed by atoms with Crippen molar-refractivity contribution >= 4 is 28.8 Å². The van der Waals surface area contributed by atoms with E-state index in [4.69, 9.17) is 21.1 Å². The maximum Gasteiger partial charge on any atom is 0.354 e. The minimum atomic E-state index is -1.12. The van der Waals surface area contributed by atoms with Crippen molar-refractivity contribution in [3.05, 3.63) is 41.3 Å². The summed E-state index contributed by atoms with van der Waals surface area (Å²) in [5, 5.41) is 9.26. The number of pyridine rings is 2. The molecule has 3 aromatic heterocycles. The van der Waals surface area contributed by atoms with Crippen LogP contribution < -0.4 is 0 Å². The average molecular weight is 276 g/mol. The molecule has 0 aliphatic rings. The molecule has 3 rings (SSSR count). The number of carboxylic acid groups (broad SMARTS) is 1. The van der Waals surface area contributed by atoms with Gasteiger partial charge in [0.1, 0.15) is 0 Å². The number of hydrogen-bond donors (Lipinski definition) is 1. The normalized spacial score (nSPS) is 10.8. The molecule has 94 valence electrons. The van der Waals surface area contributed by atoms with Gasteiger partial charge in [-0.05, 0) is 18.2 Å². The van der Waals surface area contributed by atoms with Gasteiger partial charge < -0.3 is 9.52 Å². The fourth-order valence-corrected chi connectivity index (χ4v) is 1.80. The Labute approximate surface area is 111 Å². The minimum Gasteiger partial charge on any atom is -0.477 e. The summed E-state index contributed by atoms with van der Waals surface area (Å²) in [6, 6.07) is 4.52. The molecule has 1 N–H and O–H groups in total. The van der Waals surface area contributed by atoms with E-state index in [9.17, 15) is 4.79 Å². The zero-order valence-electron chi connectivity index (χ0n) is 9.37. The van der Waals surface area contributed by atoms with E-state index in [0.29, 0.717) is 16.2 Å². The number of fused-ring (bicyclic) bond motifs is 1. The monoisotopic (exact) mass is 275 g/mol. The summed E-state index contributed by atoms with van der Waals surface area (Å²) >= 11 is 5.99. The Hall–Kier alpha value is -2.47. The fourth-order valence-electron chi connectivity index (χ4n) is 1.60. The van der Waals surface area contributed by atoms with Crippen molar-refractivity contribution < 1.29 is 14.3 Å². The average Bonchev–Trinajstić information content (AvgIpc) is 2.81. The summed E-state index contributed by atoms with van der Waals surface area (Å²) in [4.78, 5) is 22.7. The molecular weight excluding hydrogens is 270 g/mol. The lowest BCUT2D eigenvalue weighted by molar-refractivity contribution is 0.0691. The van der Waals surface area contributed by atoms with Crippen LogP contribution in [0.4, 0.5) is 0 Å². The van der Waals surface area contributed by atoms with Crippen LogP contribution in [-0.4, -0.2) is 26.0 Å². The van der Waals surface area contributed by atoms with Gasteiger partial charge in [-0.1, -0.05) is 11.6 Å². The highest BCUT2D eigenvalue weighted by molar-refractivity contribution is 6.33. The summed E-state index contributed by atoms with van der Waals surface area (Å²) in [5.41, 5.74) is 1.11. The summed E-state index contributed by atoms with van der Waals surface area (Å²) in [5.74, 6) is -0.842. The summed E-state index contributed by atoms with van der Waals surface area (Å²) in [6.45, 7) is 0. The minimum absolute atomic E-state index is 0.0897. The predicted octanol–water partition coefficient (Wildman–Crippen LogP) is 2.64. The SMILES string of the molecule is O=C(O)c1ccc2oc(-c3ccncc3Cl)nc2n1. The molecule has 0 aliphatic heterocycles. The van der Waals surface area contributed by atoms with Crippen LogP contribution in [0.5, 0.6) is 0 Å². The van der Waals surface area contributed by atoms with Crippen LogP contribution in [0.15, 0.2) is 35.0 Å². The third kappa shape index (κ3) is 2.02. The third-order valence-electron chi connectivity index (χ3n) is 2.48. The molecule has 0 radical (unpaired) electrons. The summed E-state index contributed by atoms with van der Waals surface area (Å²) in [6.07, 6.45) is 3.04. The molecule has 3 heterocycles. The van der Waals surface area contributed by atoms with Crippen LogP contribution in [0.3, 0.4) is 0 Å². The van der Waals surface area contributed by atoms with Gasteiger partial charge in [0, 0.05) is 12.4 Å². The molecule has 0 amide bonds. The Kier molecular flexibility index (Phi) is 2.64.